The zero-order valence-corrected chi connectivity index (χ0v) is 12.7. The van der Waals surface area contributed by atoms with Crippen LogP contribution >= 0.6 is 11.3 Å². The van der Waals surface area contributed by atoms with Crippen LogP contribution < -0.4 is 4.74 Å². The summed E-state index contributed by atoms with van der Waals surface area (Å²) in [6.45, 7) is 1.92. The van der Waals surface area contributed by atoms with E-state index in [-0.39, 0.29) is 16.5 Å². The molecule has 0 aromatic carbocycles. The van der Waals surface area contributed by atoms with Gasteiger partial charge in [-0.1, -0.05) is 0 Å². The molecule has 1 aliphatic carbocycles. The summed E-state index contributed by atoms with van der Waals surface area (Å²) >= 11 is 1.21. The molecule has 1 aromatic heterocycles. The number of alkyl halides is 2. The van der Waals surface area contributed by atoms with Crippen molar-refractivity contribution in [3.05, 3.63) is 15.8 Å². The highest BCUT2D eigenvalue weighted by molar-refractivity contribution is 7.14. The first-order chi connectivity index (χ1) is 10.0. The van der Waals surface area contributed by atoms with Crippen LogP contribution in [0.2, 0.25) is 0 Å². The minimum atomic E-state index is -2.91. The van der Waals surface area contributed by atoms with E-state index in [4.69, 9.17) is 0 Å². The predicted octanol–water partition coefficient (Wildman–Crippen LogP) is 2.58. The Hall–Kier alpha value is -1.21. The molecule has 0 N–H and O–H groups in total. The second kappa shape index (κ2) is 5.88. The van der Waals surface area contributed by atoms with E-state index in [2.05, 4.69) is 9.64 Å². The second-order valence-electron chi connectivity index (χ2n) is 5.49. The van der Waals surface area contributed by atoms with E-state index < -0.39 is 6.61 Å². The quantitative estimate of drug-likeness (QED) is 0.856. The largest absolute Gasteiger partial charge is 0.433 e. The molecule has 1 saturated heterocycles. The zero-order valence-electron chi connectivity index (χ0n) is 11.8. The van der Waals surface area contributed by atoms with Gasteiger partial charge in [0.05, 0.1) is 0 Å². The summed E-state index contributed by atoms with van der Waals surface area (Å²) in [6.07, 6.45) is 2.51. The molecule has 1 amide bonds. The van der Waals surface area contributed by atoms with E-state index in [0.29, 0.717) is 19.1 Å². The molecule has 0 atom stereocenters. The van der Waals surface area contributed by atoms with Crippen molar-refractivity contribution in [2.24, 2.45) is 0 Å². The van der Waals surface area contributed by atoms with Crippen molar-refractivity contribution >= 4 is 17.2 Å². The molecule has 1 saturated carbocycles. The van der Waals surface area contributed by atoms with Gasteiger partial charge in [-0.15, -0.1) is 11.3 Å². The minimum Gasteiger partial charge on any atom is -0.433 e. The molecule has 7 heteroatoms. The number of hydrogen-bond donors (Lipinski definition) is 0. The molecule has 0 radical (unpaired) electrons. The summed E-state index contributed by atoms with van der Waals surface area (Å²) in [4.78, 5) is 17.7. The Morgan fingerprint density at radius 2 is 2.00 bits per heavy atom. The van der Waals surface area contributed by atoms with Gasteiger partial charge in [-0.05, 0) is 25.8 Å². The first kappa shape index (κ1) is 14.7. The third-order valence-electron chi connectivity index (χ3n) is 3.90. The van der Waals surface area contributed by atoms with Crippen molar-refractivity contribution in [1.29, 1.82) is 0 Å². The van der Waals surface area contributed by atoms with Crippen molar-refractivity contribution in [1.82, 2.24) is 9.80 Å². The highest BCUT2D eigenvalue weighted by atomic mass is 32.1. The number of carbonyl (C=O) groups is 1. The van der Waals surface area contributed by atoms with Gasteiger partial charge in [0.1, 0.15) is 10.6 Å². The molecule has 1 aromatic rings. The smallest absolute Gasteiger partial charge is 0.387 e. The first-order valence-electron chi connectivity index (χ1n) is 7.13. The maximum absolute atomic E-state index is 12.5. The number of ether oxygens (including phenoxy) is 1. The van der Waals surface area contributed by atoms with Gasteiger partial charge in [-0.3, -0.25) is 9.69 Å². The van der Waals surface area contributed by atoms with Crippen LogP contribution in [0.5, 0.6) is 5.75 Å². The highest BCUT2D eigenvalue weighted by Gasteiger charge is 2.33. The van der Waals surface area contributed by atoms with Gasteiger partial charge < -0.3 is 9.64 Å². The standard InChI is InChI=1S/C14H18F2N2O2S/c1-9-8-11(20-14(15)16)12(21-9)13(19)18-6-4-17(5-7-18)10-2-3-10/h8,10,14H,2-7H2,1H3. The molecule has 2 aliphatic rings. The molecule has 4 nitrogen and oxygen atoms in total. The third kappa shape index (κ3) is 3.35. The molecule has 1 aliphatic heterocycles. The fourth-order valence-electron chi connectivity index (χ4n) is 2.70. The molecular weight excluding hydrogens is 298 g/mol. The first-order valence-corrected chi connectivity index (χ1v) is 7.95. The number of thiophene rings is 1. The molecular formula is C14H18F2N2O2S. The highest BCUT2D eigenvalue weighted by Crippen LogP contribution is 2.32. The number of nitrogens with zero attached hydrogens (tertiary/aromatic N) is 2. The summed E-state index contributed by atoms with van der Waals surface area (Å²) in [5.41, 5.74) is 0. The monoisotopic (exact) mass is 316 g/mol. The van der Waals surface area contributed by atoms with Crippen LogP contribution in [0.25, 0.3) is 0 Å². The van der Waals surface area contributed by atoms with Crippen molar-refractivity contribution in [3.63, 3.8) is 0 Å². The van der Waals surface area contributed by atoms with Gasteiger partial charge in [0.2, 0.25) is 0 Å². The van der Waals surface area contributed by atoms with Gasteiger partial charge in [-0.2, -0.15) is 8.78 Å². The molecule has 0 unspecified atom stereocenters. The fraction of sp³-hybridized carbons (Fsp3) is 0.643. The number of amides is 1. The minimum absolute atomic E-state index is 0.00197. The molecule has 2 heterocycles. The third-order valence-corrected chi connectivity index (χ3v) is 4.92. The number of piperazine rings is 1. The number of aryl methyl sites for hydroxylation is 1. The van der Waals surface area contributed by atoms with Crippen LogP contribution in [0, 0.1) is 6.92 Å². The number of rotatable bonds is 4. The van der Waals surface area contributed by atoms with E-state index in [1.807, 2.05) is 0 Å². The number of halogens is 2. The van der Waals surface area contributed by atoms with E-state index in [1.165, 1.54) is 30.2 Å². The Morgan fingerprint density at radius 1 is 1.33 bits per heavy atom. The van der Waals surface area contributed by atoms with Gasteiger partial charge in [-0.25, -0.2) is 0 Å². The average Bonchev–Trinajstić information content (AvgIpc) is 3.22. The van der Waals surface area contributed by atoms with Crippen LogP contribution in [0.4, 0.5) is 8.78 Å². The van der Waals surface area contributed by atoms with Crippen molar-refractivity contribution in [2.75, 3.05) is 26.2 Å². The van der Waals surface area contributed by atoms with Crippen molar-refractivity contribution < 1.29 is 18.3 Å². The predicted molar refractivity (Wildman–Crippen MR) is 76.2 cm³/mol. The summed E-state index contributed by atoms with van der Waals surface area (Å²) in [5, 5.41) is 0. The Bertz CT molecular complexity index is 523. The summed E-state index contributed by atoms with van der Waals surface area (Å²) in [5.74, 6) is -0.193. The Labute approximate surface area is 126 Å². The van der Waals surface area contributed by atoms with Crippen LogP contribution in [-0.2, 0) is 0 Å². The molecule has 0 spiro atoms. The Kier molecular flexibility index (Phi) is 4.12. The van der Waals surface area contributed by atoms with Gasteiger partial charge in [0, 0.05) is 37.1 Å². The van der Waals surface area contributed by atoms with Crippen molar-refractivity contribution in [2.45, 2.75) is 32.4 Å². The zero-order chi connectivity index (χ0) is 15.0. The maximum atomic E-state index is 12.5. The lowest BCUT2D eigenvalue weighted by molar-refractivity contribution is -0.0499. The lowest BCUT2D eigenvalue weighted by atomic mass is 10.2. The second-order valence-corrected chi connectivity index (χ2v) is 6.74. The molecule has 2 fully saturated rings. The lowest BCUT2D eigenvalue weighted by Gasteiger charge is -2.34. The van der Waals surface area contributed by atoms with Gasteiger partial charge in [0.25, 0.3) is 5.91 Å². The van der Waals surface area contributed by atoms with E-state index in [1.54, 1.807) is 11.8 Å². The summed E-state index contributed by atoms with van der Waals surface area (Å²) in [6, 6.07) is 2.20. The Balaban J connectivity index is 1.67. The number of carbonyl (C=O) groups excluding carboxylic acids is 1. The molecule has 116 valence electrons. The fourth-order valence-corrected chi connectivity index (χ4v) is 3.61. The van der Waals surface area contributed by atoms with E-state index in [9.17, 15) is 13.6 Å². The van der Waals surface area contributed by atoms with E-state index in [0.717, 1.165) is 18.0 Å². The topological polar surface area (TPSA) is 32.8 Å². The van der Waals surface area contributed by atoms with Crippen LogP contribution in [0.3, 0.4) is 0 Å². The van der Waals surface area contributed by atoms with Crippen LogP contribution in [-0.4, -0.2) is 54.5 Å². The van der Waals surface area contributed by atoms with Crippen LogP contribution in [0.1, 0.15) is 27.4 Å². The molecule has 0 bridgehead atoms. The van der Waals surface area contributed by atoms with Gasteiger partial charge in [0.15, 0.2) is 0 Å². The normalized spacial score (nSPS) is 20.1. The van der Waals surface area contributed by atoms with Crippen molar-refractivity contribution in [3.8, 4) is 5.75 Å². The summed E-state index contributed by atoms with van der Waals surface area (Å²) < 4.78 is 29.3. The molecule has 21 heavy (non-hydrogen) atoms. The van der Waals surface area contributed by atoms with E-state index >= 15 is 0 Å². The van der Waals surface area contributed by atoms with Crippen LogP contribution in [0.15, 0.2) is 6.07 Å². The molecule has 3 rings (SSSR count). The SMILES string of the molecule is Cc1cc(OC(F)F)c(C(=O)N2CCN(C3CC3)CC2)s1. The summed E-state index contributed by atoms with van der Waals surface area (Å²) in [7, 11) is 0. The number of hydrogen-bond acceptors (Lipinski definition) is 4. The average molecular weight is 316 g/mol. The maximum Gasteiger partial charge on any atom is 0.387 e. The Morgan fingerprint density at radius 3 is 2.57 bits per heavy atom. The van der Waals surface area contributed by atoms with Gasteiger partial charge >= 0.3 is 6.61 Å². The lowest BCUT2D eigenvalue weighted by Crippen LogP contribution is -2.49.